The van der Waals surface area contributed by atoms with Gasteiger partial charge in [0.1, 0.15) is 12.7 Å². The molecule has 0 fully saturated rings. The predicted octanol–water partition coefficient (Wildman–Crippen LogP) is 2.81. The monoisotopic (exact) mass is 306 g/mol. The van der Waals surface area contributed by atoms with Gasteiger partial charge in [0, 0.05) is 12.1 Å². The fourth-order valence-corrected chi connectivity index (χ4v) is 1.39. The molecule has 0 aromatic heterocycles. The van der Waals surface area contributed by atoms with Crippen LogP contribution in [0.3, 0.4) is 0 Å². The molecule has 0 bridgehead atoms. The number of non-ortho nitro benzene ring substituents is 1. The number of hydrogen-bond donors (Lipinski definition) is 1. The van der Waals surface area contributed by atoms with Crippen molar-refractivity contribution < 1.29 is 27.6 Å². The minimum absolute atomic E-state index is 0.150. The number of nitro benzene ring substituents is 1. The topological polar surface area (TPSA) is 81.5 Å². The first-order chi connectivity index (χ1) is 9.60. The maximum Gasteiger partial charge on any atom is 0.411 e. The van der Waals surface area contributed by atoms with E-state index in [4.69, 9.17) is 0 Å². The minimum Gasteiger partial charge on any atom is -0.359 e. The molecule has 6 nitrogen and oxygen atoms in total. The lowest BCUT2D eigenvalue weighted by Crippen LogP contribution is -2.31. The molecule has 1 N–H and O–H groups in total. The molecule has 0 saturated heterocycles. The van der Waals surface area contributed by atoms with Crippen molar-refractivity contribution in [1.82, 2.24) is 0 Å². The fraction of sp³-hybridized carbons (Fsp3) is 0.417. The van der Waals surface area contributed by atoms with Gasteiger partial charge in [0.25, 0.3) is 11.6 Å². The van der Waals surface area contributed by atoms with E-state index in [2.05, 4.69) is 10.1 Å². The van der Waals surface area contributed by atoms with Crippen molar-refractivity contribution in [1.29, 1.82) is 0 Å². The SMILES string of the molecule is Cc1ccc([N+](=O)[O-])cc1NC(=O)[C@@H](C)OCC(F)(F)F. The van der Waals surface area contributed by atoms with Gasteiger partial charge in [-0.05, 0) is 19.4 Å². The van der Waals surface area contributed by atoms with Crippen LogP contribution in [-0.4, -0.2) is 29.7 Å². The first-order valence-corrected chi connectivity index (χ1v) is 5.84. The Hall–Kier alpha value is -2.16. The number of nitrogens with one attached hydrogen (secondary N) is 1. The van der Waals surface area contributed by atoms with Crippen LogP contribution in [0, 0.1) is 17.0 Å². The highest BCUT2D eigenvalue weighted by atomic mass is 19.4. The predicted molar refractivity (Wildman–Crippen MR) is 67.9 cm³/mol. The third-order valence-corrected chi connectivity index (χ3v) is 2.56. The summed E-state index contributed by atoms with van der Waals surface area (Å²) in [5.41, 5.74) is 0.452. The van der Waals surface area contributed by atoms with Crippen LogP contribution in [0.25, 0.3) is 0 Å². The molecule has 0 spiro atoms. The van der Waals surface area contributed by atoms with Gasteiger partial charge in [-0.1, -0.05) is 6.07 Å². The molecule has 1 amide bonds. The molecule has 0 unspecified atom stereocenters. The normalized spacial score (nSPS) is 12.8. The molecule has 1 rings (SSSR count). The molecular weight excluding hydrogens is 293 g/mol. The Morgan fingerprint density at radius 1 is 1.48 bits per heavy atom. The lowest BCUT2D eigenvalue weighted by Gasteiger charge is -2.15. The molecule has 0 aliphatic rings. The highest BCUT2D eigenvalue weighted by Crippen LogP contribution is 2.22. The summed E-state index contributed by atoms with van der Waals surface area (Å²) in [6.07, 6.45) is -5.87. The Balaban J connectivity index is 2.74. The standard InChI is InChI=1S/C12H13F3N2O4/c1-7-3-4-9(17(19)20)5-10(7)16-11(18)8(2)21-6-12(13,14)15/h3-5,8H,6H2,1-2H3,(H,16,18)/t8-/m1/s1. The number of carbonyl (C=O) groups excluding carboxylic acids is 1. The van der Waals surface area contributed by atoms with Crippen molar-refractivity contribution in [3.63, 3.8) is 0 Å². The van der Waals surface area contributed by atoms with Gasteiger partial charge in [-0.3, -0.25) is 14.9 Å². The zero-order valence-corrected chi connectivity index (χ0v) is 11.2. The van der Waals surface area contributed by atoms with E-state index in [1.54, 1.807) is 6.92 Å². The van der Waals surface area contributed by atoms with Crippen LogP contribution in [0.2, 0.25) is 0 Å². The van der Waals surface area contributed by atoms with Crippen LogP contribution in [0.4, 0.5) is 24.5 Å². The third kappa shape index (κ3) is 5.38. The van der Waals surface area contributed by atoms with Crippen molar-refractivity contribution in [3.05, 3.63) is 33.9 Å². The van der Waals surface area contributed by atoms with Crippen molar-refractivity contribution in [3.8, 4) is 0 Å². The van der Waals surface area contributed by atoms with Gasteiger partial charge >= 0.3 is 6.18 Å². The third-order valence-electron chi connectivity index (χ3n) is 2.56. The number of nitrogens with zero attached hydrogens (tertiary/aromatic N) is 1. The Morgan fingerprint density at radius 2 is 2.10 bits per heavy atom. The lowest BCUT2D eigenvalue weighted by atomic mass is 10.1. The van der Waals surface area contributed by atoms with E-state index in [1.807, 2.05) is 0 Å². The molecule has 21 heavy (non-hydrogen) atoms. The molecule has 0 aliphatic heterocycles. The van der Waals surface area contributed by atoms with Gasteiger partial charge in [0.2, 0.25) is 0 Å². The van der Waals surface area contributed by atoms with Gasteiger partial charge in [0.15, 0.2) is 0 Å². The molecule has 116 valence electrons. The van der Waals surface area contributed by atoms with Crippen molar-refractivity contribution in [2.75, 3.05) is 11.9 Å². The number of aryl methyl sites for hydroxylation is 1. The molecule has 9 heteroatoms. The number of hydrogen-bond acceptors (Lipinski definition) is 4. The zero-order chi connectivity index (χ0) is 16.2. The number of nitro groups is 1. The van der Waals surface area contributed by atoms with Crippen LogP contribution in [0.1, 0.15) is 12.5 Å². The second kappa shape index (κ2) is 6.53. The van der Waals surface area contributed by atoms with Crippen LogP contribution in [-0.2, 0) is 9.53 Å². The molecule has 0 aliphatic carbocycles. The number of halogens is 3. The van der Waals surface area contributed by atoms with Gasteiger partial charge in [-0.25, -0.2) is 0 Å². The van der Waals surface area contributed by atoms with Gasteiger partial charge in [0.05, 0.1) is 10.6 Å². The summed E-state index contributed by atoms with van der Waals surface area (Å²) >= 11 is 0. The van der Waals surface area contributed by atoms with E-state index in [-0.39, 0.29) is 11.4 Å². The second-order valence-electron chi connectivity index (χ2n) is 4.31. The largest absolute Gasteiger partial charge is 0.411 e. The average Bonchev–Trinajstić information content (AvgIpc) is 2.37. The molecule has 0 saturated carbocycles. The number of anilines is 1. The van der Waals surface area contributed by atoms with Crippen LogP contribution >= 0.6 is 0 Å². The number of ether oxygens (including phenoxy) is 1. The molecule has 1 aromatic carbocycles. The van der Waals surface area contributed by atoms with E-state index in [0.717, 1.165) is 13.0 Å². The molecular formula is C12H13F3N2O4. The zero-order valence-electron chi connectivity index (χ0n) is 11.2. The summed E-state index contributed by atoms with van der Waals surface area (Å²) in [6.45, 7) is 1.21. The Morgan fingerprint density at radius 3 is 2.62 bits per heavy atom. The van der Waals surface area contributed by atoms with Crippen molar-refractivity contribution >= 4 is 17.3 Å². The second-order valence-corrected chi connectivity index (χ2v) is 4.31. The fourth-order valence-electron chi connectivity index (χ4n) is 1.39. The van der Waals surface area contributed by atoms with Crippen LogP contribution in [0.5, 0.6) is 0 Å². The number of amides is 1. The lowest BCUT2D eigenvalue weighted by molar-refractivity contribution is -0.384. The number of rotatable bonds is 5. The Labute approximate surface area is 118 Å². The van der Waals surface area contributed by atoms with Gasteiger partial charge in [-0.15, -0.1) is 0 Å². The molecule has 1 aromatic rings. The molecule has 0 heterocycles. The van der Waals surface area contributed by atoms with E-state index in [1.165, 1.54) is 12.1 Å². The van der Waals surface area contributed by atoms with Gasteiger partial charge in [-0.2, -0.15) is 13.2 Å². The van der Waals surface area contributed by atoms with E-state index in [9.17, 15) is 28.1 Å². The van der Waals surface area contributed by atoms with E-state index < -0.39 is 29.7 Å². The highest BCUT2D eigenvalue weighted by Gasteiger charge is 2.30. The average molecular weight is 306 g/mol. The summed E-state index contributed by atoms with van der Waals surface area (Å²) < 4.78 is 40.3. The summed E-state index contributed by atoms with van der Waals surface area (Å²) in [5.74, 6) is -0.817. The summed E-state index contributed by atoms with van der Waals surface area (Å²) in [5, 5.41) is 12.9. The van der Waals surface area contributed by atoms with E-state index in [0.29, 0.717) is 5.56 Å². The first-order valence-electron chi connectivity index (χ1n) is 5.84. The Kier molecular flexibility index (Phi) is 5.25. The van der Waals surface area contributed by atoms with Crippen LogP contribution < -0.4 is 5.32 Å². The quantitative estimate of drug-likeness (QED) is 0.670. The van der Waals surface area contributed by atoms with E-state index >= 15 is 0 Å². The van der Waals surface area contributed by atoms with Crippen LogP contribution in [0.15, 0.2) is 18.2 Å². The van der Waals surface area contributed by atoms with Crippen molar-refractivity contribution in [2.24, 2.45) is 0 Å². The number of carbonyl (C=O) groups is 1. The van der Waals surface area contributed by atoms with Crippen molar-refractivity contribution in [2.45, 2.75) is 26.1 Å². The summed E-state index contributed by atoms with van der Waals surface area (Å²) in [7, 11) is 0. The smallest absolute Gasteiger partial charge is 0.359 e. The maximum atomic E-state index is 12.0. The first kappa shape index (κ1) is 16.9. The molecule has 0 radical (unpaired) electrons. The Bertz CT molecular complexity index is 546. The molecule has 1 atom stereocenters. The minimum atomic E-state index is -4.53. The van der Waals surface area contributed by atoms with Gasteiger partial charge < -0.3 is 10.1 Å². The summed E-state index contributed by atoms with van der Waals surface area (Å²) in [4.78, 5) is 21.7. The highest BCUT2D eigenvalue weighted by molar-refractivity contribution is 5.94. The summed E-state index contributed by atoms with van der Waals surface area (Å²) in [6, 6.07) is 3.81. The number of benzene rings is 1. The number of alkyl halides is 3. The maximum absolute atomic E-state index is 12.0.